The third kappa shape index (κ3) is 5.75. The summed E-state index contributed by atoms with van der Waals surface area (Å²) in [7, 11) is 2.18. The van der Waals surface area contributed by atoms with Crippen LogP contribution in [0.2, 0.25) is 0 Å². The fourth-order valence-corrected chi connectivity index (χ4v) is 4.63. The molecule has 0 radical (unpaired) electrons. The number of thioether (sulfide) groups is 1. The van der Waals surface area contributed by atoms with Crippen molar-refractivity contribution in [1.29, 1.82) is 0 Å². The normalized spacial score (nSPS) is 21.4. The summed E-state index contributed by atoms with van der Waals surface area (Å²) in [5.41, 5.74) is 1.16. The van der Waals surface area contributed by atoms with E-state index in [4.69, 9.17) is 4.99 Å². The molecule has 1 aromatic heterocycles. The molecule has 6 nitrogen and oxygen atoms in total. The quantitative estimate of drug-likeness (QED) is 0.628. The molecule has 2 aliphatic heterocycles. The van der Waals surface area contributed by atoms with E-state index in [1.54, 1.807) is 0 Å². The number of guanidine groups is 1. The Morgan fingerprint density at radius 1 is 1.22 bits per heavy atom. The number of likely N-dealkylation sites (N-methyl/N-ethyl adjacent to an activating group) is 1. The molecule has 0 saturated carbocycles. The van der Waals surface area contributed by atoms with Gasteiger partial charge in [-0.3, -0.25) is 0 Å². The second-order valence-corrected chi connectivity index (χ2v) is 9.82. The van der Waals surface area contributed by atoms with Gasteiger partial charge in [-0.25, -0.2) is 9.98 Å². The molecule has 3 heterocycles. The Hall–Kier alpha value is -1.47. The molecule has 0 amide bonds. The van der Waals surface area contributed by atoms with Gasteiger partial charge >= 0.3 is 0 Å². The first-order valence-electron chi connectivity index (χ1n) is 10.0. The molecule has 1 aromatic rings. The van der Waals surface area contributed by atoms with Crippen molar-refractivity contribution >= 4 is 23.5 Å². The lowest BCUT2D eigenvalue weighted by Gasteiger charge is -2.39. The van der Waals surface area contributed by atoms with Crippen molar-refractivity contribution < 1.29 is 0 Å². The Balaban J connectivity index is 1.62. The van der Waals surface area contributed by atoms with Crippen molar-refractivity contribution in [2.75, 3.05) is 63.5 Å². The molecule has 2 aliphatic rings. The van der Waals surface area contributed by atoms with Crippen LogP contribution in [0.25, 0.3) is 0 Å². The van der Waals surface area contributed by atoms with Crippen LogP contribution in [0.1, 0.15) is 26.3 Å². The molecule has 3 rings (SSSR count). The fraction of sp³-hybridized carbons (Fsp3) is 0.700. The maximum atomic E-state index is 4.89. The smallest absolute Gasteiger partial charge is 0.194 e. The van der Waals surface area contributed by atoms with Gasteiger partial charge in [0.15, 0.2) is 5.96 Å². The number of rotatable bonds is 4. The van der Waals surface area contributed by atoms with Gasteiger partial charge in [-0.2, -0.15) is 11.8 Å². The summed E-state index contributed by atoms with van der Waals surface area (Å²) in [6.45, 7) is 14.7. The summed E-state index contributed by atoms with van der Waals surface area (Å²) in [5, 5.41) is 3.46. The highest BCUT2D eigenvalue weighted by atomic mass is 32.2. The zero-order valence-electron chi connectivity index (χ0n) is 17.2. The predicted molar refractivity (Wildman–Crippen MR) is 117 cm³/mol. The molecule has 2 fully saturated rings. The SMILES string of the molecule is CCNC(=NCc1ccc(N2CCN(C)CC2)nc1)N1CCSC(C)(C)C1. The number of hydrogen-bond acceptors (Lipinski definition) is 5. The van der Waals surface area contributed by atoms with Gasteiger partial charge in [-0.05, 0) is 39.4 Å². The molecule has 0 bridgehead atoms. The van der Waals surface area contributed by atoms with E-state index >= 15 is 0 Å². The van der Waals surface area contributed by atoms with Gasteiger partial charge in [0.05, 0.1) is 6.54 Å². The number of piperazine rings is 1. The van der Waals surface area contributed by atoms with Crippen LogP contribution in [-0.2, 0) is 6.54 Å². The van der Waals surface area contributed by atoms with E-state index in [-0.39, 0.29) is 4.75 Å². The standard InChI is InChI=1S/C20H34N6S/c1-5-21-19(26-12-13-27-20(2,3)16-26)23-15-17-6-7-18(22-14-17)25-10-8-24(4)9-11-25/h6-7,14H,5,8-13,15-16H2,1-4H3,(H,21,23). The van der Waals surface area contributed by atoms with Crippen molar-refractivity contribution in [2.24, 2.45) is 4.99 Å². The van der Waals surface area contributed by atoms with Gasteiger partial charge in [0.1, 0.15) is 5.82 Å². The van der Waals surface area contributed by atoms with E-state index in [0.717, 1.165) is 68.9 Å². The van der Waals surface area contributed by atoms with Crippen molar-refractivity contribution in [1.82, 2.24) is 20.1 Å². The van der Waals surface area contributed by atoms with E-state index in [1.165, 1.54) is 0 Å². The predicted octanol–water partition coefficient (Wildman–Crippen LogP) is 2.13. The van der Waals surface area contributed by atoms with Crippen molar-refractivity contribution in [3.05, 3.63) is 23.9 Å². The van der Waals surface area contributed by atoms with Crippen LogP contribution in [0.3, 0.4) is 0 Å². The van der Waals surface area contributed by atoms with Crippen molar-refractivity contribution in [3.63, 3.8) is 0 Å². The minimum atomic E-state index is 0.278. The van der Waals surface area contributed by atoms with E-state index < -0.39 is 0 Å². The first-order chi connectivity index (χ1) is 13.0. The van der Waals surface area contributed by atoms with Crippen LogP contribution in [0.4, 0.5) is 5.82 Å². The molecule has 150 valence electrons. The summed E-state index contributed by atoms with van der Waals surface area (Å²) in [6, 6.07) is 4.31. The Morgan fingerprint density at radius 3 is 2.63 bits per heavy atom. The maximum Gasteiger partial charge on any atom is 0.194 e. The number of aliphatic imine (C=N–C) groups is 1. The average Bonchev–Trinajstić information content (AvgIpc) is 2.65. The molecular formula is C20H34N6S. The molecule has 0 unspecified atom stereocenters. The minimum absolute atomic E-state index is 0.278. The molecule has 0 atom stereocenters. The van der Waals surface area contributed by atoms with Crippen LogP contribution in [-0.4, -0.2) is 84.1 Å². The van der Waals surface area contributed by atoms with E-state index in [2.05, 4.69) is 65.0 Å². The van der Waals surface area contributed by atoms with Gasteiger partial charge in [-0.15, -0.1) is 0 Å². The molecule has 0 aliphatic carbocycles. The molecule has 7 heteroatoms. The molecule has 2 saturated heterocycles. The summed E-state index contributed by atoms with van der Waals surface area (Å²) in [6.07, 6.45) is 1.98. The lowest BCUT2D eigenvalue weighted by Crippen LogP contribution is -2.50. The average molecular weight is 391 g/mol. The van der Waals surface area contributed by atoms with Gasteiger partial charge in [-0.1, -0.05) is 6.07 Å². The topological polar surface area (TPSA) is 47.0 Å². The second-order valence-electron chi connectivity index (χ2n) is 8.01. The molecular weight excluding hydrogens is 356 g/mol. The zero-order valence-corrected chi connectivity index (χ0v) is 18.1. The summed E-state index contributed by atoms with van der Waals surface area (Å²) >= 11 is 2.05. The van der Waals surface area contributed by atoms with Crippen LogP contribution < -0.4 is 10.2 Å². The molecule has 27 heavy (non-hydrogen) atoms. The van der Waals surface area contributed by atoms with Crippen LogP contribution in [0.5, 0.6) is 0 Å². The number of nitrogens with zero attached hydrogens (tertiary/aromatic N) is 5. The maximum absolute atomic E-state index is 4.89. The van der Waals surface area contributed by atoms with E-state index in [9.17, 15) is 0 Å². The minimum Gasteiger partial charge on any atom is -0.357 e. The third-order valence-electron chi connectivity index (χ3n) is 5.11. The second kappa shape index (κ2) is 9.15. The highest BCUT2D eigenvalue weighted by Gasteiger charge is 2.28. The van der Waals surface area contributed by atoms with Crippen LogP contribution in [0, 0.1) is 0 Å². The van der Waals surface area contributed by atoms with E-state index in [1.807, 2.05) is 18.0 Å². The van der Waals surface area contributed by atoms with Gasteiger partial charge in [0.25, 0.3) is 0 Å². The number of nitrogens with one attached hydrogen (secondary N) is 1. The van der Waals surface area contributed by atoms with Gasteiger partial charge < -0.3 is 20.0 Å². The fourth-order valence-electron chi connectivity index (χ4n) is 3.52. The number of pyridine rings is 1. The van der Waals surface area contributed by atoms with Crippen molar-refractivity contribution in [3.8, 4) is 0 Å². The summed E-state index contributed by atoms with van der Waals surface area (Å²) in [5.74, 6) is 3.25. The lowest BCUT2D eigenvalue weighted by molar-refractivity contribution is 0.312. The van der Waals surface area contributed by atoms with Crippen molar-refractivity contribution in [2.45, 2.75) is 32.1 Å². The Bertz CT molecular complexity index is 622. The third-order valence-corrected chi connectivity index (χ3v) is 6.41. The Labute approximate surface area is 168 Å². The number of hydrogen-bond donors (Lipinski definition) is 1. The first kappa shape index (κ1) is 20.3. The Kier molecular flexibility index (Phi) is 6.87. The van der Waals surface area contributed by atoms with Gasteiger partial charge in [0, 0.05) is 62.5 Å². The Morgan fingerprint density at radius 2 is 2.00 bits per heavy atom. The first-order valence-corrected chi connectivity index (χ1v) is 11.0. The number of aromatic nitrogens is 1. The van der Waals surface area contributed by atoms with Crippen LogP contribution >= 0.6 is 11.8 Å². The molecule has 1 N–H and O–H groups in total. The molecule has 0 aromatic carbocycles. The highest BCUT2D eigenvalue weighted by Crippen LogP contribution is 2.29. The largest absolute Gasteiger partial charge is 0.357 e. The summed E-state index contributed by atoms with van der Waals surface area (Å²) < 4.78 is 0.278. The lowest BCUT2D eigenvalue weighted by atomic mass is 10.2. The van der Waals surface area contributed by atoms with E-state index in [0.29, 0.717) is 6.54 Å². The summed E-state index contributed by atoms with van der Waals surface area (Å²) in [4.78, 5) is 16.7. The van der Waals surface area contributed by atoms with Crippen LogP contribution in [0.15, 0.2) is 23.3 Å². The highest BCUT2D eigenvalue weighted by molar-refractivity contribution is 8.00. The number of anilines is 1. The van der Waals surface area contributed by atoms with Gasteiger partial charge in [0.2, 0.25) is 0 Å². The monoisotopic (exact) mass is 390 g/mol. The molecule has 0 spiro atoms. The zero-order chi connectivity index (χ0) is 19.3.